The zero-order valence-corrected chi connectivity index (χ0v) is 8.25. The number of methoxy groups -OCH3 is 1. The Kier molecular flexibility index (Phi) is 3.59. The lowest BCUT2D eigenvalue weighted by Crippen LogP contribution is -2.41. The molecule has 0 saturated heterocycles. The van der Waals surface area contributed by atoms with E-state index in [1.807, 2.05) is 0 Å². The van der Waals surface area contributed by atoms with Gasteiger partial charge < -0.3 is 9.84 Å². The summed E-state index contributed by atoms with van der Waals surface area (Å²) < 4.78 is 42.4. The van der Waals surface area contributed by atoms with Crippen molar-refractivity contribution in [3.05, 3.63) is 0 Å². The van der Waals surface area contributed by atoms with Crippen molar-refractivity contribution in [2.45, 2.75) is 31.5 Å². The van der Waals surface area contributed by atoms with E-state index < -0.39 is 30.1 Å². The standard InChI is InChI=1S/C9H13F3O3/c1-15-7-3-2-5(8(13)14)4-6(7)9(10,11)12/h5-7H,2-4H2,1H3,(H,13,14)/t5?,6-,7+/m1/s1. The van der Waals surface area contributed by atoms with Gasteiger partial charge in [-0.05, 0) is 19.3 Å². The zero-order valence-electron chi connectivity index (χ0n) is 8.25. The second-order valence-corrected chi connectivity index (χ2v) is 3.77. The van der Waals surface area contributed by atoms with E-state index in [4.69, 9.17) is 9.84 Å². The van der Waals surface area contributed by atoms with Gasteiger partial charge in [-0.1, -0.05) is 0 Å². The molecule has 0 aliphatic heterocycles. The van der Waals surface area contributed by atoms with E-state index in [1.165, 1.54) is 7.11 Å². The van der Waals surface area contributed by atoms with Crippen LogP contribution in [-0.2, 0) is 9.53 Å². The lowest BCUT2D eigenvalue weighted by Gasteiger charge is -2.34. The molecule has 88 valence electrons. The van der Waals surface area contributed by atoms with E-state index in [9.17, 15) is 18.0 Å². The molecule has 1 saturated carbocycles. The van der Waals surface area contributed by atoms with Gasteiger partial charge in [0.25, 0.3) is 0 Å². The summed E-state index contributed by atoms with van der Waals surface area (Å²) in [6.45, 7) is 0. The van der Waals surface area contributed by atoms with E-state index >= 15 is 0 Å². The number of hydrogen-bond donors (Lipinski definition) is 1. The fraction of sp³-hybridized carbons (Fsp3) is 0.889. The Morgan fingerprint density at radius 2 is 2.00 bits per heavy atom. The highest BCUT2D eigenvalue weighted by atomic mass is 19.4. The molecule has 1 unspecified atom stereocenters. The third-order valence-corrected chi connectivity index (χ3v) is 2.86. The highest BCUT2D eigenvalue weighted by Crippen LogP contribution is 2.41. The quantitative estimate of drug-likeness (QED) is 0.784. The van der Waals surface area contributed by atoms with Gasteiger partial charge in [-0.15, -0.1) is 0 Å². The van der Waals surface area contributed by atoms with Crippen LogP contribution in [0.4, 0.5) is 13.2 Å². The fourth-order valence-electron chi connectivity index (χ4n) is 1.99. The van der Waals surface area contributed by atoms with Crippen LogP contribution < -0.4 is 0 Å². The average molecular weight is 226 g/mol. The van der Waals surface area contributed by atoms with Gasteiger partial charge in [-0.25, -0.2) is 0 Å². The van der Waals surface area contributed by atoms with Gasteiger partial charge in [0, 0.05) is 7.11 Å². The summed E-state index contributed by atoms with van der Waals surface area (Å²) in [7, 11) is 1.23. The fourth-order valence-corrected chi connectivity index (χ4v) is 1.99. The van der Waals surface area contributed by atoms with Crippen LogP contribution in [0.3, 0.4) is 0 Å². The summed E-state index contributed by atoms with van der Waals surface area (Å²) in [6, 6.07) is 0. The molecule has 1 fully saturated rings. The van der Waals surface area contributed by atoms with Crippen molar-refractivity contribution >= 4 is 5.97 Å². The Morgan fingerprint density at radius 3 is 2.40 bits per heavy atom. The van der Waals surface area contributed by atoms with Crippen molar-refractivity contribution in [1.82, 2.24) is 0 Å². The van der Waals surface area contributed by atoms with Gasteiger partial charge in [0.05, 0.1) is 17.9 Å². The van der Waals surface area contributed by atoms with Crippen molar-refractivity contribution in [3.63, 3.8) is 0 Å². The molecule has 0 spiro atoms. The van der Waals surface area contributed by atoms with Gasteiger partial charge >= 0.3 is 12.1 Å². The molecule has 0 aromatic heterocycles. The van der Waals surface area contributed by atoms with E-state index in [0.29, 0.717) is 0 Å². The van der Waals surface area contributed by atoms with Crippen LogP contribution >= 0.6 is 0 Å². The second-order valence-electron chi connectivity index (χ2n) is 3.77. The van der Waals surface area contributed by atoms with Crippen LogP contribution in [0, 0.1) is 11.8 Å². The number of halogens is 3. The van der Waals surface area contributed by atoms with E-state index in [0.717, 1.165) is 0 Å². The topological polar surface area (TPSA) is 46.5 Å². The molecule has 0 heterocycles. The molecule has 3 nitrogen and oxygen atoms in total. The van der Waals surface area contributed by atoms with Gasteiger partial charge in [0.2, 0.25) is 0 Å². The van der Waals surface area contributed by atoms with E-state index in [1.54, 1.807) is 0 Å². The maximum Gasteiger partial charge on any atom is 0.394 e. The predicted octanol–water partition coefficient (Wildman–Crippen LogP) is 2.06. The molecule has 1 aliphatic rings. The van der Waals surface area contributed by atoms with Crippen LogP contribution in [0.1, 0.15) is 19.3 Å². The molecule has 0 aromatic rings. The summed E-state index contributed by atoms with van der Waals surface area (Å²) in [5.74, 6) is -3.71. The number of carboxylic acids is 1. The highest BCUT2D eigenvalue weighted by molar-refractivity contribution is 5.70. The molecule has 0 amide bonds. The van der Waals surface area contributed by atoms with Crippen LogP contribution in [0.25, 0.3) is 0 Å². The largest absolute Gasteiger partial charge is 0.481 e. The van der Waals surface area contributed by atoms with Crippen molar-refractivity contribution in [1.29, 1.82) is 0 Å². The summed E-state index contributed by atoms with van der Waals surface area (Å²) in [5, 5.41) is 8.67. The normalized spacial score (nSPS) is 32.7. The van der Waals surface area contributed by atoms with Crippen LogP contribution in [-0.4, -0.2) is 30.5 Å². The Balaban J connectivity index is 2.74. The average Bonchev–Trinajstić information content (AvgIpc) is 2.15. The lowest BCUT2D eigenvalue weighted by molar-refractivity contribution is -0.217. The van der Waals surface area contributed by atoms with Gasteiger partial charge in [-0.2, -0.15) is 13.2 Å². The SMILES string of the molecule is CO[C@H]1CCC(C(=O)O)C[C@H]1C(F)(F)F. The van der Waals surface area contributed by atoms with Crippen molar-refractivity contribution in [3.8, 4) is 0 Å². The molecular weight excluding hydrogens is 213 g/mol. The number of carbonyl (C=O) groups is 1. The molecule has 3 atom stereocenters. The van der Waals surface area contributed by atoms with Crippen LogP contribution in [0.15, 0.2) is 0 Å². The van der Waals surface area contributed by atoms with Gasteiger partial charge in [0.1, 0.15) is 0 Å². The van der Waals surface area contributed by atoms with Gasteiger partial charge in [0.15, 0.2) is 0 Å². The molecule has 0 aromatic carbocycles. The molecular formula is C9H13F3O3. The summed E-state index contributed by atoms with van der Waals surface area (Å²) in [6.07, 6.45) is -5.26. The lowest BCUT2D eigenvalue weighted by atomic mass is 9.79. The first-order valence-electron chi connectivity index (χ1n) is 4.68. The van der Waals surface area contributed by atoms with Crippen molar-refractivity contribution in [2.24, 2.45) is 11.8 Å². The number of carboxylic acid groups (broad SMARTS) is 1. The third-order valence-electron chi connectivity index (χ3n) is 2.86. The first kappa shape index (κ1) is 12.3. The summed E-state index contributed by atoms with van der Waals surface area (Å²) >= 11 is 0. The zero-order chi connectivity index (χ0) is 11.6. The summed E-state index contributed by atoms with van der Waals surface area (Å²) in [5.41, 5.74) is 0. The van der Waals surface area contributed by atoms with E-state index in [-0.39, 0.29) is 19.3 Å². The van der Waals surface area contributed by atoms with Crippen molar-refractivity contribution in [2.75, 3.05) is 7.11 Å². The van der Waals surface area contributed by atoms with Crippen molar-refractivity contribution < 1.29 is 27.8 Å². The van der Waals surface area contributed by atoms with Crippen LogP contribution in [0.2, 0.25) is 0 Å². The Hall–Kier alpha value is -0.780. The third kappa shape index (κ3) is 2.84. The molecule has 0 radical (unpaired) electrons. The Labute approximate surface area is 85.2 Å². The minimum Gasteiger partial charge on any atom is -0.481 e. The maximum atomic E-state index is 12.5. The highest BCUT2D eigenvalue weighted by Gasteiger charge is 2.49. The number of ether oxygens (including phenoxy) is 1. The number of rotatable bonds is 2. The van der Waals surface area contributed by atoms with Gasteiger partial charge in [-0.3, -0.25) is 4.79 Å². The molecule has 1 aliphatic carbocycles. The Morgan fingerprint density at radius 1 is 1.40 bits per heavy atom. The van der Waals surface area contributed by atoms with Crippen LogP contribution in [0.5, 0.6) is 0 Å². The minimum atomic E-state index is -4.38. The molecule has 1 rings (SSSR count). The Bertz CT molecular complexity index is 239. The maximum absolute atomic E-state index is 12.5. The smallest absolute Gasteiger partial charge is 0.394 e. The first-order valence-corrected chi connectivity index (χ1v) is 4.68. The number of alkyl halides is 3. The van der Waals surface area contributed by atoms with E-state index in [2.05, 4.69) is 0 Å². The molecule has 15 heavy (non-hydrogen) atoms. The molecule has 6 heteroatoms. The predicted molar refractivity (Wildman–Crippen MR) is 45.3 cm³/mol. The summed E-state index contributed by atoms with van der Waals surface area (Å²) in [4.78, 5) is 10.6. The second kappa shape index (κ2) is 4.38. The minimum absolute atomic E-state index is 0.150. The number of hydrogen-bond acceptors (Lipinski definition) is 2. The monoisotopic (exact) mass is 226 g/mol. The number of aliphatic carboxylic acids is 1. The molecule has 0 bridgehead atoms. The molecule has 1 N–H and O–H groups in total. The first-order chi connectivity index (χ1) is 6.86.